The first kappa shape index (κ1) is 9.00. The predicted molar refractivity (Wildman–Crippen MR) is 46.6 cm³/mol. The molecule has 3 nitrogen and oxygen atoms in total. The molecule has 12 heavy (non-hydrogen) atoms. The van der Waals surface area contributed by atoms with Crippen LogP contribution in [0.25, 0.3) is 0 Å². The summed E-state index contributed by atoms with van der Waals surface area (Å²) >= 11 is 5.64. The molecule has 0 fully saturated rings. The van der Waals surface area contributed by atoms with E-state index in [-0.39, 0.29) is 12.0 Å². The number of rotatable bonds is 2. The van der Waals surface area contributed by atoms with E-state index in [1.165, 1.54) is 0 Å². The molecule has 0 unspecified atom stereocenters. The molecule has 1 heterocycles. The summed E-state index contributed by atoms with van der Waals surface area (Å²) in [6.45, 7) is 1.77. The van der Waals surface area contributed by atoms with Gasteiger partial charge in [-0.15, -0.1) is 0 Å². The maximum absolute atomic E-state index is 11.1. The molecule has 1 N–H and O–H groups in total. The summed E-state index contributed by atoms with van der Waals surface area (Å²) < 4.78 is 0. The largest absolute Gasteiger partial charge is 0.312 e. The number of carbonyl (C=O) groups excluding carboxylic acids is 1. The van der Waals surface area contributed by atoms with Crippen molar-refractivity contribution < 1.29 is 4.79 Å². The molecular formula is C8H8ClNO2. The predicted octanol–water partition coefficient (Wildman–Crippen LogP) is 1.08. The van der Waals surface area contributed by atoms with Gasteiger partial charge in [-0.2, -0.15) is 0 Å². The maximum atomic E-state index is 11.1. The van der Waals surface area contributed by atoms with Crippen LogP contribution in [0.1, 0.15) is 11.1 Å². The van der Waals surface area contributed by atoms with Crippen LogP contribution in [0.5, 0.6) is 0 Å². The molecule has 0 bridgehead atoms. The molecule has 0 aromatic carbocycles. The molecule has 0 spiro atoms. The highest BCUT2D eigenvalue weighted by atomic mass is 35.5. The number of H-pyrrole nitrogens is 1. The number of hydrogen-bond donors (Lipinski definition) is 1. The second kappa shape index (κ2) is 3.54. The van der Waals surface area contributed by atoms with Crippen LogP contribution in [0.2, 0.25) is 5.15 Å². The van der Waals surface area contributed by atoms with Gasteiger partial charge in [-0.1, -0.05) is 11.6 Å². The van der Waals surface area contributed by atoms with Gasteiger partial charge in [0.15, 0.2) is 0 Å². The molecule has 0 atom stereocenters. The quantitative estimate of drug-likeness (QED) is 0.554. The Labute approximate surface area is 74.4 Å². The Balaban J connectivity index is 3.23. The first-order valence-electron chi connectivity index (χ1n) is 3.47. The van der Waals surface area contributed by atoms with Gasteiger partial charge in [0.2, 0.25) is 0 Å². The Bertz CT molecular complexity index is 357. The molecule has 0 radical (unpaired) electrons. The molecule has 0 aliphatic carbocycles. The fourth-order valence-corrected chi connectivity index (χ4v) is 1.05. The Hall–Kier alpha value is -1.09. The minimum Gasteiger partial charge on any atom is -0.312 e. The van der Waals surface area contributed by atoms with Gasteiger partial charge in [0.25, 0.3) is 5.56 Å². The molecule has 4 heteroatoms. The van der Waals surface area contributed by atoms with Gasteiger partial charge < -0.3 is 9.78 Å². The van der Waals surface area contributed by atoms with Crippen LogP contribution in [0, 0.1) is 6.92 Å². The number of carbonyl (C=O) groups is 1. The standard InChI is InChI=1S/C8H8ClNO2/c1-5-4-6(2-3-11)8(12)10-7(5)9/h3-4H,2H2,1H3,(H,10,12). The van der Waals surface area contributed by atoms with Crippen LogP contribution >= 0.6 is 11.6 Å². The Morgan fingerprint density at radius 2 is 2.33 bits per heavy atom. The minimum atomic E-state index is -0.294. The number of halogens is 1. The van der Waals surface area contributed by atoms with Gasteiger partial charge in [0.05, 0.1) is 0 Å². The highest BCUT2D eigenvalue weighted by Gasteiger charge is 2.02. The van der Waals surface area contributed by atoms with E-state index in [1.807, 2.05) is 0 Å². The molecule has 0 aliphatic heterocycles. The monoisotopic (exact) mass is 185 g/mol. The fourth-order valence-electron chi connectivity index (χ4n) is 0.910. The van der Waals surface area contributed by atoms with Crippen molar-refractivity contribution in [1.29, 1.82) is 0 Å². The van der Waals surface area contributed by atoms with Crippen molar-refractivity contribution in [2.75, 3.05) is 0 Å². The summed E-state index contributed by atoms with van der Waals surface area (Å²) in [6.07, 6.45) is 0.825. The third kappa shape index (κ3) is 1.74. The van der Waals surface area contributed by atoms with E-state index in [2.05, 4.69) is 4.98 Å². The average molecular weight is 186 g/mol. The van der Waals surface area contributed by atoms with Crippen molar-refractivity contribution in [2.24, 2.45) is 0 Å². The maximum Gasteiger partial charge on any atom is 0.252 e. The SMILES string of the molecule is Cc1cc(CC=O)c(=O)[nH]c1Cl. The highest BCUT2D eigenvalue weighted by molar-refractivity contribution is 6.30. The van der Waals surface area contributed by atoms with E-state index in [1.54, 1.807) is 13.0 Å². The first-order chi connectivity index (χ1) is 5.65. The van der Waals surface area contributed by atoms with Crippen molar-refractivity contribution in [3.63, 3.8) is 0 Å². The molecule has 0 saturated carbocycles. The lowest BCUT2D eigenvalue weighted by Gasteiger charge is -1.98. The summed E-state index contributed by atoms with van der Waals surface area (Å²) in [5.41, 5.74) is 0.928. The number of hydrogen-bond acceptors (Lipinski definition) is 2. The van der Waals surface area contributed by atoms with Crippen LogP contribution < -0.4 is 5.56 Å². The zero-order chi connectivity index (χ0) is 9.14. The summed E-state index contributed by atoms with van der Waals surface area (Å²) in [7, 11) is 0. The summed E-state index contributed by atoms with van der Waals surface area (Å²) in [4.78, 5) is 23.7. The van der Waals surface area contributed by atoms with Crippen molar-refractivity contribution in [3.05, 3.63) is 32.7 Å². The number of aromatic nitrogens is 1. The molecular weight excluding hydrogens is 178 g/mol. The van der Waals surface area contributed by atoms with Crippen molar-refractivity contribution >= 4 is 17.9 Å². The lowest BCUT2D eigenvalue weighted by Crippen LogP contribution is -2.13. The zero-order valence-corrected chi connectivity index (χ0v) is 7.31. The van der Waals surface area contributed by atoms with Gasteiger partial charge in [-0.25, -0.2) is 0 Å². The van der Waals surface area contributed by atoms with Crippen molar-refractivity contribution in [2.45, 2.75) is 13.3 Å². The number of pyridine rings is 1. The van der Waals surface area contributed by atoms with Crippen LogP contribution in [0.4, 0.5) is 0 Å². The van der Waals surface area contributed by atoms with Crippen LogP contribution in [-0.4, -0.2) is 11.3 Å². The Morgan fingerprint density at radius 3 is 2.92 bits per heavy atom. The lowest BCUT2D eigenvalue weighted by molar-refractivity contribution is -0.107. The van der Waals surface area contributed by atoms with Gasteiger partial charge in [0.1, 0.15) is 11.4 Å². The third-order valence-electron chi connectivity index (χ3n) is 1.56. The lowest BCUT2D eigenvalue weighted by atomic mass is 10.2. The number of aldehydes is 1. The summed E-state index contributed by atoms with van der Waals surface area (Å²) in [5.74, 6) is 0. The summed E-state index contributed by atoms with van der Waals surface area (Å²) in [6, 6.07) is 1.62. The summed E-state index contributed by atoms with van der Waals surface area (Å²) in [5, 5.41) is 0.328. The molecule has 1 aromatic heterocycles. The smallest absolute Gasteiger partial charge is 0.252 e. The minimum absolute atomic E-state index is 0.132. The van der Waals surface area contributed by atoms with Gasteiger partial charge in [-0.3, -0.25) is 4.79 Å². The second-order valence-corrected chi connectivity index (χ2v) is 2.87. The molecule has 0 aliphatic rings. The van der Waals surface area contributed by atoms with Gasteiger partial charge >= 0.3 is 0 Å². The number of nitrogens with one attached hydrogen (secondary N) is 1. The highest BCUT2D eigenvalue weighted by Crippen LogP contribution is 2.09. The average Bonchev–Trinajstić information content (AvgIpc) is 2.01. The topological polar surface area (TPSA) is 49.9 Å². The van der Waals surface area contributed by atoms with Crippen LogP contribution in [0.15, 0.2) is 10.9 Å². The Morgan fingerprint density at radius 1 is 1.67 bits per heavy atom. The van der Waals surface area contributed by atoms with E-state index >= 15 is 0 Å². The zero-order valence-electron chi connectivity index (χ0n) is 6.56. The van der Waals surface area contributed by atoms with Crippen molar-refractivity contribution in [1.82, 2.24) is 4.98 Å². The van der Waals surface area contributed by atoms with E-state index in [4.69, 9.17) is 11.6 Å². The molecule has 64 valence electrons. The van der Waals surface area contributed by atoms with E-state index in [9.17, 15) is 9.59 Å². The number of aryl methyl sites for hydroxylation is 1. The van der Waals surface area contributed by atoms with Gasteiger partial charge in [0, 0.05) is 12.0 Å². The normalized spacial score (nSPS) is 9.83. The molecule has 1 aromatic rings. The second-order valence-electron chi connectivity index (χ2n) is 2.49. The van der Waals surface area contributed by atoms with Crippen molar-refractivity contribution in [3.8, 4) is 0 Å². The Kier molecular flexibility index (Phi) is 2.65. The van der Waals surface area contributed by atoms with Gasteiger partial charge in [-0.05, 0) is 18.6 Å². The van der Waals surface area contributed by atoms with E-state index in [0.29, 0.717) is 17.0 Å². The first-order valence-corrected chi connectivity index (χ1v) is 3.85. The van der Waals surface area contributed by atoms with E-state index in [0.717, 1.165) is 5.56 Å². The van der Waals surface area contributed by atoms with E-state index < -0.39 is 0 Å². The fraction of sp³-hybridized carbons (Fsp3) is 0.250. The molecule has 0 saturated heterocycles. The molecule has 1 rings (SSSR count). The van der Waals surface area contributed by atoms with Crippen LogP contribution in [0.3, 0.4) is 0 Å². The molecule has 0 amide bonds. The third-order valence-corrected chi connectivity index (χ3v) is 1.95. The number of aromatic amines is 1. The van der Waals surface area contributed by atoms with Crippen LogP contribution in [-0.2, 0) is 11.2 Å².